The number of fused-ring (bicyclic) bond motifs is 2. The Balaban J connectivity index is 0.000000404. The smallest absolute Gasteiger partial charge is 0.231 e. The number of rotatable bonds is 0. The van der Waals surface area contributed by atoms with Crippen molar-refractivity contribution in [3.63, 3.8) is 0 Å². The molecule has 0 spiro atoms. The maximum absolute atomic E-state index is 5.25. The average Bonchev–Trinajstić information content (AvgIpc) is 2.81. The Morgan fingerprint density at radius 2 is 1.87 bits per heavy atom. The molecule has 0 saturated heterocycles. The van der Waals surface area contributed by atoms with E-state index in [0.29, 0.717) is 6.79 Å². The van der Waals surface area contributed by atoms with Crippen molar-refractivity contribution in [3.8, 4) is 11.5 Å². The highest BCUT2D eigenvalue weighted by molar-refractivity contribution is 5.80. The molecule has 80 valence electrons. The topological polar surface area (TPSA) is 47.1 Å². The van der Waals surface area contributed by atoms with Gasteiger partial charge in [0.05, 0.1) is 11.0 Å². The van der Waals surface area contributed by atoms with E-state index in [1.54, 1.807) is 0 Å². The summed E-state index contributed by atoms with van der Waals surface area (Å²) in [6, 6.07) is 3.80. The predicted molar refractivity (Wildman–Crippen MR) is 58.3 cm³/mol. The van der Waals surface area contributed by atoms with E-state index >= 15 is 0 Å². The van der Waals surface area contributed by atoms with Gasteiger partial charge in [0.1, 0.15) is 5.82 Å². The normalized spacial score (nSPS) is 12.5. The van der Waals surface area contributed by atoms with Crippen molar-refractivity contribution in [2.75, 3.05) is 6.79 Å². The molecule has 1 aliphatic rings. The lowest BCUT2D eigenvalue weighted by Crippen LogP contribution is -1.92. The number of aromatic nitrogens is 2. The van der Waals surface area contributed by atoms with Gasteiger partial charge >= 0.3 is 0 Å². The molecule has 0 amide bonds. The molecule has 2 aromatic rings. The molecule has 15 heavy (non-hydrogen) atoms. The van der Waals surface area contributed by atoms with Crippen molar-refractivity contribution < 1.29 is 9.47 Å². The number of aryl methyl sites for hydroxylation is 1. The minimum absolute atomic E-state index is 0.306. The van der Waals surface area contributed by atoms with Gasteiger partial charge in [0.15, 0.2) is 11.5 Å². The largest absolute Gasteiger partial charge is 0.454 e. The number of ether oxygens (including phenoxy) is 2. The number of nitrogens with one attached hydrogen (secondary N) is 1. The predicted octanol–water partition coefficient (Wildman–Crippen LogP) is 2.63. The maximum atomic E-state index is 5.25. The monoisotopic (exact) mass is 206 g/mol. The lowest BCUT2D eigenvalue weighted by Gasteiger charge is -1.93. The second kappa shape index (κ2) is 3.81. The Kier molecular flexibility index (Phi) is 2.49. The van der Waals surface area contributed by atoms with Crippen LogP contribution in [0.2, 0.25) is 0 Å². The standard InChI is InChI=1S/C9H8N2O2.C2H6/c1-5-10-6-2-8-9(13-4-12-8)3-7(6)11-5;1-2/h2-3H,4H2,1H3,(H,10,11);1-2H3. The zero-order chi connectivity index (χ0) is 10.8. The van der Waals surface area contributed by atoms with Gasteiger partial charge in [-0.25, -0.2) is 4.98 Å². The van der Waals surface area contributed by atoms with Crippen molar-refractivity contribution in [1.82, 2.24) is 9.97 Å². The van der Waals surface area contributed by atoms with E-state index in [2.05, 4.69) is 9.97 Å². The van der Waals surface area contributed by atoms with Crippen LogP contribution in [0.4, 0.5) is 0 Å². The van der Waals surface area contributed by atoms with Crippen molar-refractivity contribution in [2.24, 2.45) is 0 Å². The zero-order valence-corrected chi connectivity index (χ0v) is 9.13. The fraction of sp³-hybridized carbons (Fsp3) is 0.364. The number of H-pyrrole nitrogens is 1. The molecule has 0 radical (unpaired) electrons. The summed E-state index contributed by atoms with van der Waals surface area (Å²) < 4.78 is 10.5. The van der Waals surface area contributed by atoms with Crippen LogP contribution >= 0.6 is 0 Å². The van der Waals surface area contributed by atoms with Crippen LogP contribution in [0.5, 0.6) is 11.5 Å². The molecule has 2 heterocycles. The third kappa shape index (κ3) is 1.63. The van der Waals surface area contributed by atoms with Gasteiger partial charge in [0.25, 0.3) is 0 Å². The Hall–Kier alpha value is -1.71. The third-order valence-corrected chi connectivity index (χ3v) is 2.09. The first-order valence-corrected chi connectivity index (χ1v) is 5.09. The van der Waals surface area contributed by atoms with E-state index in [9.17, 15) is 0 Å². The van der Waals surface area contributed by atoms with E-state index < -0.39 is 0 Å². The van der Waals surface area contributed by atoms with Crippen LogP contribution in [0.3, 0.4) is 0 Å². The first-order chi connectivity index (χ1) is 7.33. The fourth-order valence-electron chi connectivity index (χ4n) is 1.53. The number of hydrogen-bond donors (Lipinski definition) is 1. The van der Waals surface area contributed by atoms with Crippen LogP contribution in [0.1, 0.15) is 19.7 Å². The van der Waals surface area contributed by atoms with Gasteiger partial charge in [-0.05, 0) is 6.92 Å². The van der Waals surface area contributed by atoms with E-state index in [1.807, 2.05) is 32.9 Å². The lowest BCUT2D eigenvalue weighted by molar-refractivity contribution is 0.174. The van der Waals surface area contributed by atoms with Crippen LogP contribution in [0, 0.1) is 6.92 Å². The summed E-state index contributed by atoms with van der Waals surface area (Å²) in [5, 5.41) is 0. The number of aromatic amines is 1. The third-order valence-electron chi connectivity index (χ3n) is 2.09. The molecule has 0 aliphatic carbocycles. The SMILES string of the molecule is CC.Cc1nc2cc3c(cc2[nH]1)OCO3. The fourth-order valence-corrected chi connectivity index (χ4v) is 1.53. The van der Waals surface area contributed by atoms with Crippen LogP contribution in [-0.2, 0) is 0 Å². The molecule has 0 atom stereocenters. The first-order valence-electron chi connectivity index (χ1n) is 5.09. The summed E-state index contributed by atoms with van der Waals surface area (Å²) in [5.41, 5.74) is 1.91. The highest BCUT2D eigenvalue weighted by Crippen LogP contribution is 2.34. The highest BCUT2D eigenvalue weighted by Gasteiger charge is 2.15. The van der Waals surface area contributed by atoms with E-state index in [-0.39, 0.29) is 0 Å². The molecule has 1 aromatic heterocycles. The van der Waals surface area contributed by atoms with Gasteiger partial charge < -0.3 is 14.5 Å². The lowest BCUT2D eigenvalue weighted by atomic mass is 10.3. The molecular weight excluding hydrogens is 192 g/mol. The van der Waals surface area contributed by atoms with E-state index in [4.69, 9.17) is 9.47 Å². The first kappa shape index (κ1) is 9.83. The second-order valence-electron chi connectivity index (χ2n) is 3.04. The van der Waals surface area contributed by atoms with Crippen molar-refractivity contribution >= 4 is 11.0 Å². The quantitative estimate of drug-likeness (QED) is 0.720. The second-order valence-corrected chi connectivity index (χ2v) is 3.04. The molecule has 1 aliphatic heterocycles. The Morgan fingerprint density at radius 1 is 1.20 bits per heavy atom. The van der Waals surface area contributed by atoms with Gasteiger partial charge in [-0.3, -0.25) is 0 Å². The molecule has 3 rings (SSSR count). The van der Waals surface area contributed by atoms with Gasteiger partial charge in [-0.1, -0.05) is 13.8 Å². The van der Waals surface area contributed by atoms with Crippen molar-refractivity contribution in [1.29, 1.82) is 0 Å². The Labute approximate surface area is 88.2 Å². The van der Waals surface area contributed by atoms with Crippen LogP contribution in [0.15, 0.2) is 12.1 Å². The van der Waals surface area contributed by atoms with Crippen molar-refractivity contribution in [3.05, 3.63) is 18.0 Å². The molecule has 0 bridgehead atoms. The molecule has 0 unspecified atom stereocenters. The molecule has 0 fully saturated rings. The van der Waals surface area contributed by atoms with E-state index in [1.165, 1.54) is 0 Å². The number of nitrogens with zero attached hydrogens (tertiary/aromatic N) is 1. The van der Waals surface area contributed by atoms with Crippen LogP contribution < -0.4 is 9.47 Å². The van der Waals surface area contributed by atoms with Gasteiger partial charge in [0, 0.05) is 12.1 Å². The maximum Gasteiger partial charge on any atom is 0.231 e. The summed E-state index contributed by atoms with van der Waals surface area (Å²) in [6.45, 7) is 6.23. The minimum Gasteiger partial charge on any atom is -0.454 e. The summed E-state index contributed by atoms with van der Waals surface area (Å²) >= 11 is 0. The van der Waals surface area contributed by atoms with Gasteiger partial charge in [-0.15, -0.1) is 0 Å². The highest BCUT2D eigenvalue weighted by atomic mass is 16.7. The number of imidazole rings is 1. The number of benzene rings is 1. The average molecular weight is 206 g/mol. The summed E-state index contributed by atoms with van der Waals surface area (Å²) in [7, 11) is 0. The Morgan fingerprint density at radius 3 is 2.60 bits per heavy atom. The van der Waals surface area contributed by atoms with E-state index in [0.717, 1.165) is 28.4 Å². The van der Waals surface area contributed by atoms with Crippen molar-refractivity contribution in [2.45, 2.75) is 20.8 Å². The molecule has 4 nitrogen and oxygen atoms in total. The molecule has 4 heteroatoms. The Bertz CT molecular complexity index is 436. The minimum atomic E-state index is 0.306. The molecule has 0 saturated carbocycles. The molecule has 1 N–H and O–H groups in total. The number of hydrogen-bond acceptors (Lipinski definition) is 3. The summed E-state index contributed by atoms with van der Waals surface area (Å²) in [4.78, 5) is 7.44. The van der Waals surface area contributed by atoms with Crippen LogP contribution in [0.25, 0.3) is 11.0 Å². The van der Waals surface area contributed by atoms with Crippen LogP contribution in [-0.4, -0.2) is 16.8 Å². The molecule has 1 aromatic carbocycles. The summed E-state index contributed by atoms with van der Waals surface area (Å²) in [5.74, 6) is 2.47. The van der Waals surface area contributed by atoms with Gasteiger partial charge in [-0.2, -0.15) is 0 Å². The molecular formula is C11H14N2O2. The zero-order valence-electron chi connectivity index (χ0n) is 9.13. The summed E-state index contributed by atoms with van der Waals surface area (Å²) in [6.07, 6.45) is 0. The van der Waals surface area contributed by atoms with Gasteiger partial charge in [0.2, 0.25) is 6.79 Å².